The molecule has 0 radical (unpaired) electrons. The molecule has 0 saturated carbocycles. The Labute approximate surface area is 179 Å². The van der Waals surface area contributed by atoms with Crippen molar-refractivity contribution in [1.29, 1.82) is 0 Å². The number of rotatable bonds is 7. The quantitative estimate of drug-likeness (QED) is 0.560. The Bertz CT molecular complexity index is 1180. The van der Waals surface area contributed by atoms with Crippen molar-refractivity contribution in [2.75, 3.05) is 24.3 Å². The first-order chi connectivity index (χ1) is 14.3. The first-order valence-electron chi connectivity index (χ1n) is 8.75. The van der Waals surface area contributed by atoms with Crippen LogP contribution in [0.1, 0.15) is 10.4 Å². The van der Waals surface area contributed by atoms with Gasteiger partial charge in [0.2, 0.25) is 0 Å². The van der Waals surface area contributed by atoms with Gasteiger partial charge in [0.25, 0.3) is 15.9 Å². The van der Waals surface area contributed by atoms with Gasteiger partial charge in [0, 0.05) is 17.3 Å². The van der Waals surface area contributed by atoms with E-state index in [0.29, 0.717) is 17.2 Å². The smallest absolute Gasteiger partial charge is 0.263 e. The fourth-order valence-corrected chi connectivity index (χ4v) is 4.28. The molecular formula is C21H19ClN2O5S. The third kappa shape index (κ3) is 4.84. The van der Waals surface area contributed by atoms with E-state index in [1.165, 1.54) is 32.4 Å². The number of halogens is 1. The number of nitrogens with one attached hydrogen (secondary N) is 2. The Morgan fingerprint density at radius 1 is 0.933 bits per heavy atom. The molecule has 0 spiro atoms. The van der Waals surface area contributed by atoms with Gasteiger partial charge in [-0.1, -0.05) is 29.8 Å². The first-order valence-corrected chi connectivity index (χ1v) is 10.6. The summed E-state index contributed by atoms with van der Waals surface area (Å²) in [4.78, 5) is 12.4. The average molecular weight is 447 g/mol. The minimum Gasteiger partial charge on any atom is -0.497 e. The molecular weight excluding hydrogens is 428 g/mol. The van der Waals surface area contributed by atoms with Gasteiger partial charge in [-0.15, -0.1) is 0 Å². The van der Waals surface area contributed by atoms with E-state index in [2.05, 4.69) is 10.0 Å². The number of hydrogen-bond acceptors (Lipinski definition) is 5. The maximum atomic E-state index is 12.9. The highest BCUT2D eigenvalue weighted by Gasteiger charge is 2.22. The molecule has 7 nitrogen and oxygen atoms in total. The van der Waals surface area contributed by atoms with Crippen LogP contribution < -0.4 is 19.5 Å². The van der Waals surface area contributed by atoms with Crippen LogP contribution in [-0.4, -0.2) is 28.5 Å². The Hall–Kier alpha value is -3.23. The van der Waals surface area contributed by atoms with E-state index in [-0.39, 0.29) is 21.2 Å². The van der Waals surface area contributed by atoms with Crippen molar-refractivity contribution in [3.63, 3.8) is 0 Å². The fraction of sp³-hybridized carbons (Fsp3) is 0.0952. The average Bonchev–Trinajstić information content (AvgIpc) is 2.74. The molecule has 3 rings (SSSR count). The van der Waals surface area contributed by atoms with Gasteiger partial charge in [0.1, 0.15) is 16.4 Å². The molecule has 1 amide bonds. The molecule has 0 aliphatic carbocycles. The van der Waals surface area contributed by atoms with Crippen LogP contribution in [0.4, 0.5) is 11.4 Å². The lowest BCUT2D eigenvalue weighted by Crippen LogP contribution is -2.17. The van der Waals surface area contributed by atoms with Crippen LogP contribution in [0.15, 0.2) is 71.6 Å². The van der Waals surface area contributed by atoms with Crippen LogP contribution >= 0.6 is 11.6 Å². The largest absolute Gasteiger partial charge is 0.497 e. The predicted molar refractivity (Wildman–Crippen MR) is 116 cm³/mol. The topological polar surface area (TPSA) is 93.7 Å². The van der Waals surface area contributed by atoms with E-state index in [1.54, 1.807) is 48.5 Å². The summed E-state index contributed by atoms with van der Waals surface area (Å²) >= 11 is 6.13. The van der Waals surface area contributed by atoms with Crippen LogP contribution in [0.2, 0.25) is 5.02 Å². The predicted octanol–water partition coefficient (Wildman–Crippen LogP) is 4.41. The molecule has 0 unspecified atom stereocenters. The van der Waals surface area contributed by atoms with E-state index in [1.807, 2.05) is 0 Å². The summed E-state index contributed by atoms with van der Waals surface area (Å²) < 4.78 is 38.6. The molecule has 9 heteroatoms. The van der Waals surface area contributed by atoms with Crippen molar-refractivity contribution in [3.8, 4) is 11.5 Å². The number of benzene rings is 3. The third-order valence-electron chi connectivity index (χ3n) is 4.16. The molecule has 0 heterocycles. The highest BCUT2D eigenvalue weighted by molar-refractivity contribution is 7.92. The van der Waals surface area contributed by atoms with Crippen LogP contribution in [0.25, 0.3) is 0 Å². The maximum Gasteiger partial charge on any atom is 0.263 e. The van der Waals surface area contributed by atoms with E-state index < -0.39 is 15.9 Å². The molecule has 0 aliphatic heterocycles. The number of carbonyl (C=O) groups is 1. The lowest BCUT2D eigenvalue weighted by Gasteiger charge is -2.13. The second-order valence-electron chi connectivity index (χ2n) is 6.14. The van der Waals surface area contributed by atoms with Gasteiger partial charge in [0.05, 0.1) is 24.9 Å². The van der Waals surface area contributed by atoms with Gasteiger partial charge < -0.3 is 14.8 Å². The van der Waals surface area contributed by atoms with Gasteiger partial charge >= 0.3 is 0 Å². The molecule has 0 aliphatic rings. The Kier molecular flexibility index (Phi) is 6.49. The van der Waals surface area contributed by atoms with Gasteiger partial charge in [-0.2, -0.15) is 0 Å². The molecule has 0 bridgehead atoms. The normalized spacial score (nSPS) is 10.9. The molecule has 30 heavy (non-hydrogen) atoms. The number of para-hydroxylation sites is 2. The van der Waals surface area contributed by atoms with Crippen molar-refractivity contribution < 1.29 is 22.7 Å². The van der Waals surface area contributed by atoms with E-state index in [0.717, 1.165) is 0 Å². The zero-order valence-electron chi connectivity index (χ0n) is 16.2. The lowest BCUT2D eigenvalue weighted by atomic mass is 10.2. The van der Waals surface area contributed by atoms with E-state index >= 15 is 0 Å². The minimum atomic E-state index is -4.08. The summed E-state index contributed by atoms with van der Waals surface area (Å²) in [5, 5.41) is 2.68. The molecule has 3 aromatic carbocycles. The van der Waals surface area contributed by atoms with Crippen LogP contribution in [-0.2, 0) is 10.0 Å². The Morgan fingerprint density at radius 3 is 2.43 bits per heavy atom. The van der Waals surface area contributed by atoms with E-state index in [4.69, 9.17) is 21.1 Å². The monoisotopic (exact) mass is 446 g/mol. The zero-order valence-corrected chi connectivity index (χ0v) is 17.8. The summed E-state index contributed by atoms with van der Waals surface area (Å²) in [6, 6.07) is 17.4. The number of ether oxygens (including phenoxy) is 2. The van der Waals surface area contributed by atoms with Crippen molar-refractivity contribution in [2.24, 2.45) is 0 Å². The number of sulfonamides is 1. The summed E-state index contributed by atoms with van der Waals surface area (Å²) in [5.74, 6) is 0.436. The van der Waals surface area contributed by atoms with Crippen LogP contribution in [0.5, 0.6) is 11.5 Å². The van der Waals surface area contributed by atoms with Gasteiger partial charge in [0.15, 0.2) is 0 Å². The fourth-order valence-electron chi connectivity index (χ4n) is 2.68. The molecule has 156 valence electrons. The van der Waals surface area contributed by atoms with Crippen LogP contribution in [0.3, 0.4) is 0 Å². The highest BCUT2D eigenvalue weighted by Crippen LogP contribution is 2.29. The molecule has 0 fully saturated rings. The second kappa shape index (κ2) is 9.06. The Balaban J connectivity index is 1.89. The summed E-state index contributed by atoms with van der Waals surface area (Å²) in [5.41, 5.74) is 0.885. The van der Waals surface area contributed by atoms with Crippen molar-refractivity contribution in [3.05, 3.63) is 77.3 Å². The SMILES string of the molecule is COc1cccc(NC(=O)c2ccc(Cl)c(S(=O)(=O)Nc3ccccc3OC)c2)c1. The number of amides is 1. The molecule has 0 aromatic heterocycles. The Morgan fingerprint density at radius 2 is 1.70 bits per heavy atom. The standard InChI is InChI=1S/C21H19ClN2O5S/c1-28-16-7-5-6-15(13-16)23-21(25)14-10-11-17(22)20(12-14)30(26,27)24-18-8-3-4-9-19(18)29-2/h3-13,24H,1-2H3,(H,23,25). The summed E-state index contributed by atoms with van der Waals surface area (Å²) in [7, 11) is -1.12. The number of carbonyl (C=O) groups excluding carboxylic acids is 1. The van der Waals surface area contributed by atoms with Crippen molar-refractivity contribution >= 4 is 38.9 Å². The number of hydrogen-bond donors (Lipinski definition) is 2. The van der Waals surface area contributed by atoms with Crippen LogP contribution in [0, 0.1) is 0 Å². The molecule has 3 aromatic rings. The van der Waals surface area contributed by atoms with Crippen molar-refractivity contribution in [1.82, 2.24) is 0 Å². The molecule has 0 atom stereocenters. The van der Waals surface area contributed by atoms with Crippen molar-refractivity contribution in [2.45, 2.75) is 4.90 Å². The minimum absolute atomic E-state index is 0.0182. The van der Waals surface area contributed by atoms with Gasteiger partial charge in [-0.3, -0.25) is 9.52 Å². The molecule has 0 saturated heterocycles. The van der Waals surface area contributed by atoms with Gasteiger partial charge in [-0.05, 0) is 42.5 Å². The first kappa shape index (κ1) is 21.5. The zero-order chi connectivity index (χ0) is 21.7. The highest BCUT2D eigenvalue weighted by atomic mass is 35.5. The summed E-state index contributed by atoms with van der Waals surface area (Å²) in [6.07, 6.45) is 0. The number of methoxy groups -OCH3 is 2. The second-order valence-corrected chi connectivity index (χ2v) is 8.20. The number of anilines is 2. The van der Waals surface area contributed by atoms with Gasteiger partial charge in [-0.25, -0.2) is 8.42 Å². The van der Waals surface area contributed by atoms with E-state index in [9.17, 15) is 13.2 Å². The molecule has 2 N–H and O–H groups in total. The maximum absolute atomic E-state index is 12.9. The summed E-state index contributed by atoms with van der Waals surface area (Å²) in [6.45, 7) is 0. The lowest BCUT2D eigenvalue weighted by molar-refractivity contribution is 0.102. The third-order valence-corrected chi connectivity index (χ3v) is 6.01.